The number of anilines is 1. The largest absolute Gasteiger partial charge is 0.322 e. The van der Waals surface area contributed by atoms with Crippen molar-refractivity contribution in [2.45, 2.75) is 45.7 Å². The van der Waals surface area contributed by atoms with E-state index in [1.165, 1.54) is 5.56 Å². The minimum absolute atomic E-state index is 0.0169. The molecule has 1 aromatic carbocycles. The Kier molecular flexibility index (Phi) is 5.01. The minimum atomic E-state index is 0.0169. The number of nitrogens with zero attached hydrogens (tertiary/aromatic N) is 1. The van der Waals surface area contributed by atoms with Crippen LogP contribution < -0.4 is 10.6 Å². The van der Waals surface area contributed by atoms with Crippen LogP contribution in [0.2, 0.25) is 0 Å². The van der Waals surface area contributed by atoms with Gasteiger partial charge in [0.15, 0.2) is 0 Å². The molecule has 0 radical (unpaired) electrons. The van der Waals surface area contributed by atoms with Crippen LogP contribution >= 0.6 is 0 Å². The molecule has 1 aliphatic rings. The van der Waals surface area contributed by atoms with E-state index in [-0.39, 0.29) is 6.03 Å². The predicted molar refractivity (Wildman–Crippen MR) is 83.0 cm³/mol. The first-order chi connectivity index (χ1) is 9.61. The van der Waals surface area contributed by atoms with Gasteiger partial charge in [-0.25, -0.2) is 4.79 Å². The Morgan fingerprint density at radius 2 is 2.30 bits per heavy atom. The molecule has 1 heterocycles. The Morgan fingerprint density at radius 1 is 1.50 bits per heavy atom. The topological polar surface area (TPSA) is 44.4 Å². The lowest BCUT2D eigenvalue weighted by Crippen LogP contribution is -2.37. The van der Waals surface area contributed by atoms with Gasteiger partial charge in [0.2, 0.25) is 0 Å². The van der Waals surface area contributed by atoms with Gasteiger partial charge in [-0.2, -0.15) is 0 Å². The summed E-state index contributed by atoms with van der Waals surface area (Å²) in [6.45, 7) is 8.13. The molecule has 2 amide bonds. The smallest absolute Gasteiger partial charge is 0.322 e. The average molecular weight is 275 g/mol. The van der Waals surface area contributed by atoms with Crippen molar-refractivity contribution in [1.82, 2.24) is 10.2 Å². The van der Waals surface area contributed by atoms with Crippen LogP contribution in [0.4, 0.5) is 10.5 Å². The summed E-state index contributed by atoms with van der Waals surface area (Å²) in [5.41, 5.74) is 2.07. The maximum atomic E-state index is 12.2. The molecule has 0 aliphatic carbocycles. The number of hydrogen-bond donors (Lipinski definition) is 2. The zero-order chi connectivity index (χ0) is 14.5. The molecule has 2 atom stereocenters. The zero-order valence-electron chi connectivity index (χ0n) is 12.6. The van der Waals surface area contributed by atoms with Crippen LogP contribution in [0, 0.1) is 0 Å². The molecule has 2 unspecified atom stereocenters. The molecule has 1 aromatic rings. The Labute approximate surface area is 121 Å². The number of nitrogens with one attached hydrogen (secondary N) is 2. The molecule has 2 N–H and O–H groups in total. The Bertz CT molecular complexity index is 461. The van der Waals surface area contributed by atoms with E-state index in [9.17, 15) is 4.79 Å². The van der Waals surface area contributed by atoms with Gasteiger partial charge in [0, 0.05) is 24.3 Å². The number of likely N-dealkylation sites (tertiary alicyclic amines) is 1. The van der Waals surface area contributed by atoms with E-state index in [0.717, 1.165) is 31.6 Å². The fraction of sp³-hybridized carbons (Fsp3) is 0.562. The standard InChI is InChI=1S/C16H25N3O/c1-4-17-13(3)14-8-5-9-15(11-14)18-16(20)19-10-6-7-12(19)2/h5,8-9,11-13,17H,4,6-7,10H2,1-3H3,(H,18,20). The van der Waals surface area contributed by atoms with Crippen LogP contribution in [0.15, 0.2) is 24.3 Å². The molecule has 20 heavy (non-hydrogen) atoms. The van der Waals surface area contributed by atoms with E-state index >= 15 is 0 Å². The van der Waals surface area contributed by atoms with Crippen LogP contribution in [-0.2, 0) is 0 Å². The van der Waals surface area contributed by atoms with Crippen molar-refractivity contribution in [2.75, 3.05) is 18.4 Å². The van der Waals surface area contributed by atoms with Crippen molar-refractivity contribution in [2.24, 2.45) is 0 Å². The highest BCUT2D eigenvalue weighted by Gasteiger charge is 2.24. The van der Waals surface area contributed by atoms with E-state index in [1.807, 2.05) is 23.1 Å². The number of hydrogen-bond acceptors (Lipinski definition) is 2. The van der Waals surface area contributed by atoms with Crippen LogP contribution in [-0.4, -0.2) is 30.1 Å². The molecule has 0 aromatic heterocycles. The zero-order valence-corrected chi connectivity index (χ0v) is 12.6. The van der Waals surface area contributed by atoms with Crippen LogP contribution in [0.1, 0.15) is 45.2 Å². The summed E-state index contributed by atoms with van der Waals surface area (Å²) in [6.07, 6.45) is 2.21. The van der Waals surface area contributed by atoms with Crippen molar-refractivity contribution in [3.63, 3.8) is 0 Å². The SMILES string of the molecule is CCNC(C)c1cccc(NC(=O)N2CCCC2C)c1. The van der Waals surface area contributed by atoms with Gasteiger partial charge in [0.25, 0.3) is 0 Å². The van der Waals surface area contributed by atoms with Gasteiger partial charge >= 0.3 is 6.03 Å². The first-order valence-electron chi connectivity index (χ1n) is 7.52. The van der Waals surface area contributed by atoms with Crippen molar-refractivity contribution >= 4 is 11.7 Å². The number of carbonyl (C=O) groups excluding carboxylic acids is 1. The monoisotopic (exact) mass is 275 g/mol. The molecule has 110 valence electrons. The van der Waals surface area contributed by atoms with E-state index < -0.39 is 0 Å². The van der Waals surface area contributed by atoms with Crippen LogP contribution in [0.3, 0.4) is 0 Å². The predicted octanol–water partition coefficient (Wildman–Crippen LogP) is 3.37. The third kappa shape index (κ3) is 3.51. The lowest BCUT2D eigenvalue weighted by Gasteiger charge is -2.22. The number of rotatable bonds is 4. The van der Waals surface area contributed by atoms with Gasteiger partial charge in [0.1, 0.15) is 0 Å². The van der Waals surface area contributed by atoms with Gasteiger partial charge in [-0.1, -0.05) is 19.1 Å². The van der Waals surface area contributed by atoms with Gasteiger partial charge in [-0.3, -0.25) is 0 Å². The highest BCUT2D eigenvalue weighted by Crippen LogP contribution is 2.20. The Balaban J connectivity index is 2.02. The second-order valence-corrected chi connectivity index (χ2v) is 5.52. The van der Waals surface area contributed by atoms with Gasteiger partial charge in [0.05, 0.1) is 0 Å². The van der Waals surface area contributed by atoms with E-state index in [2.05, 4.69) is 37.5 Å². The molecule has 0 bridgehead atoms. The summed E-state index contributed by atoms with van der Waals surface area (Å²) in [5.74, 6) is 0. The quantitative estimate of drug-likeness (QED) is 0.885. The second-order valence-electron chi connectivity index (χ2n) is 5.52. The third-order valence-electron chi connectivity index (χ3n) is 3.96. The summed E-state index contributed by atoms with van der Waals surface area (Å²) in [5, 5.41) is 6.39. The highest BCUT2D eigenvalue weighted by atomic mass is 16.2. The normalized spacial score (nSPS) is 19.9. The third-order valence-corrected chi connectivity index (χ3v) is 3.96. The average Bonchev–Trinajstić information content (AvgIpc) is 2.85. The Hall–Kier alpha value is -1.55. The fourth-order valence-corrected chi connectivity index (χ4v) is 2.74. The molecule has 1 aliphatic heterocycles. The molecule has 0 saturated carbocycles. The van der Waals surface area contributed by atoms with Gasteiger partial charge in [-0.15, -0.1) is 0 Å². The fourth-order valence-electron chi connectivity index (χ4n) is 2.74. The highest BCUT2D eigenvalue weighted by molar-refractivity contribution is 5.89. The van der Waals surface area contributed by atoms with E-state index in [4.69, 9.17) is 0 Å². The molecule has 4 heteroatoms. The van der Waals surface area contributed by atoms with E-state index in [0.29, 0.717) is 12.1 Å². The molecule has 4 nitrogen and oxygen atoms in total. The van der Waals surface area contributed by atoms with Crippen molar-refractivity contribution < 1.29 is 4.79 Å². The van der Waals surface area contributed by atoms with Gasteiger partial charge < -0.3 is 15.5 Å². The van der Waals surface area contributed by atoms with Crippen molar-refractivity contribution in [1.29, 1.82) is 0 Å². The lowest BCUT2D eigenvalue weighted by atomic mass is 10.1. The minimum Gasteiger partial charge on any atom is -0.322 e. The molecule has 1 saturated heterocycles. The first kappa shape index (κ1) is 14.9. The second kappa shape index (κ2) is 6.75. The number of benzene rings is 1. The Morgan fingerprint density at radius 3 is 2.95 bits per heavy atom. The summed E-state index contributed by atoms with van der Waals surface area (Å²) >= 11 is 0. The number of urea groups is 1. The summed E-state index contributed by atoms with van der Waals surface area (Å²) in [6, 6.07) is 8.73. The number of carbonyl (C=O) groups is 1. The molecule has 0 spiro atoms. The molecular formula is C16H25N3O. The van der Waals surface area contributed by atoms with Gasteiger partial charge in [-0.05, 0) is 50.9 Å². The molecular weight excluding hydrogens is 250 g/mol. The summed E-state index contributed by atoms with van der Waals surface area (Å²) in [4.78, 5) is 14.1. The summed E-state index contributed by atoms with van der Waals surface area (Å²) in [7, 11) is 0. The van der Waals surface area contributed by atoms with Crippen LogP contribution in [0.5, 0.6) is 0 Å². The van der Waals surface area contributed by atoms with Crippen molar-refractivity contribution in [3.8, 4) is 0 Å². The van der Waals surface area contributed by atoms with Crippen LogP contribution in [0.25, 0.3) is 0 Å². The number of amides is 2. The lowest BCUT2D eigenvalue weighted by molar-refractivity contribution is 0.210. The molecule has 2 rings (SSSR count). The molecule has 1 fully saturated rings. The van der Waals surface area contributed by atoms with E-state index in [1.54, 1.807) is 0 Å². The van der Waals surface area contributed by atoms with Crippen molar-refractivity contribution in [3.05, 3.63) is 29.8 Å². The summed E-state index contributed by atoms with van der Waals surface area (Å²) < 4.78 is 0. The maximum absolute atomic E-state index is 12.2. The first-order valence-corrected chi connectivity index (χ1v) is 7.52. The maximum Gasteiger partial charge on any atom is 0.322 e.